The number of aliphatic hydroxyl groups excluding tert-OH is 2. The lowest BCUT2D eigenvalue weighted by Gasteiger charge is -2.38. The van der Waals surface area contributed by atoms with E-state index in [-0.39, 0.29) is 18.3 Å². The Morgan fingerprint density at radius 1 is 1.30 bits per heavy atom. The first-order valence-corrected chi connectivity index (χ1v) is 9.81. The number of nitrogens with one attached hydrogen (secondary N) is 1. The Morgan fingerprint density at radius 2 is 1.87 bits per heavy atom. The first kappa shape index (κ1) is 21.3. The smallest absolute Gasteiger partial charge is 0.281 e. The average molecular weight is 363 g/mol. The summed E-state index contributed by atoms with van der Waals surface area (Å²) in [6.45, 7) is 7.84. The number of amides is 1. The molecule has 1 aliphatic heterocycles. The fourth-order valence-corrected chi connectivity index (χ4v) is 4.11. The molecule has 1 fully saturated rings. The van der Waals surface area contributed by atoms with Crippen LogP contribution in [0.15, 0.2) is 0 Å². The van der Waals surface area contributed by atoms with Gasteiger partial charge in [0.05, 0.1) is 29.2 Å². The van der Waals surface area contributed by atoms with Crippen molar-refractivity contribution in [2.24, 2.45) is 0 Å². The van der Waals surface area contributed by atoms with Crippen LogP contribution in [0, 0.1) is 0 Å². The third kappa shape index (κ3) is 8.24. The van der Waals surface area contributed by atoms with E-state index < -0.39 is 31.6 Å². The lowest BCUT2D eigenvalue weighted by atomic mass is 10.00. The van der Waals surface area contributed by atoms with Gasteiger partial charge < -0.3 is 34.1 Å². The number of ether oxygens (including phenoxy) is 1. The fourth-order valence-electron chi connectivity index (χ4n) is 2.25. The van der Waals surface area contributed by atoms with Crippen molar-refractivity contribution in [1.29, 1.82) is 0 Å². The highest BCUT2D eigenvalue weighted by molar-refractivity contribution is 7.47. The molecule has 0 spiro atoms. The van der Waals surface area contributed by atoms with Gasteiger partial charge in [0.1, 0.15) is 6.10 Å². The molecule has 1 heterocycles. The van der Waals surface area contributed by atoms with E-state index in [9.17, 15) is 15.0 Å². The van der Waals surface area contributed by atoms with E-state index in [1.54, 1.807) is 0 Å². The summed E-state index contributed by atoms with van der Waals surface area (Å²) in [5.74, 6) is 0. The number of hydrogen-bond acceptors (Lipinski definition) is 6. The first-order chi connectivity index (χ1) is 10.7. The number of carbonyl (C=O) groups excluding carboxylic acids is 1. The average Bonchev–Trinajstić information content (AvgIpc) is 2.39. The lowest BCUT2D eigenvalue weighted by Crippen LogP contribution is -2.56. The molecule has 3 N–H and O–H groups in total. The van der Waals surface area contributed by atoms with Gasteiger partial charge in [-0.05, 0) is 34.1 Å². The highest BCUT2D eigenvalue weighted by atomic mass is 31.2. The van der Waals surface area contributed by atoms with E-state index >= 15 is 0 Å². The van der Waals surface area contributed by atoms with Crippen molar-refractivity contribution in [3.05, 3.63) is 0 Å². The largest absolute Gasteiger partial charge is 0.390 e. The molecule has 4 atom stereocenters. The van der Waals surface area contributed by atoms with Crippen LogP contribution in [0.2, 0.25) is 0 Å². The van der Waals surface area contributed by atoms with Crippen molar-refractivity contribution in [3.63, 3.8) is 0 Å². The zero-order chi connectivity index (χ0) is 17.6. The number of aliphatic hydroxyl groups is 2. The number of carbonyl (C=O) groups is 1. The molecule has 0 saturated carbocycles. The van der Waals surface area contributed by atoms with Crippen LogP contribution in [0.3, 0.4) is 0 Å². The molecule has 0 aromatic carbocycles. The zero-order valence-electron chi connectivity index (χ0n) is 14.1. The van der Waals surface area contributed by atoms with Gasteiger partial charge in [0, 0.05) is 12.6 Å². The van der Waals surface area contributed by atoms with Crippen LogP contribution in [0.25, 0.3) is 0 Å². The minimum absolute atomic E-state index is 0.0729. The van der Waals surface area contributed by atoms with Gasteiger partial charge in [-0.1, -0.05) is 0 Å². The number of rotatable bonds is 8. The maximum Gasteiger partial charge on any atom is 0.281 e. The van der Waals surface area contributed by atoms with Gasteiger partial charge in [0.25, 0.3) is 16.3 Å². The van der Waals surface area contributed by atoms with E-state index in [1.165, 1.54) is 0 Å². The quantitative estimate of drug-likeness (QED) is 0.444. The minimum atomic E-state index is -1.13. The molecule has 1 saturated heterocycles. The summed E-state index contributed by atoms with van der Waals surface area (Å²) in [4.78, 5) is 11.1. The van der Waals surface area contributed by atoms with Gasteiger partial charge >= 0.3 is 0 Å². The topological polar surface area (TPSA) is 97.2 Å². The van der Waals surface area contributed by atoms with Gasteiger partial charge in [0.2, 0.25) is 0 Å². The van der Waals surface area contributed by atoms with E-state index in [0.717, 1.165) is 0 Å². The van der Waals surface area contributed by atoms with Crippen LogP contribution < -0.4 is 5.32 Å². The Hall–Kier alpha value is 0.232. The Bertz CT molecular complexity index is 363. The summed E-state index contributed by atoms with van der Waals surface area (Å²) in [5, 5.41) is 22.3. The third-order valence-electron chi connectivity index (χ3n) is 3.12. The van der Waals surface area contributed by atoms with Gasteiger partial charge in [0.15, 0.2) is 14.6 Å². The summed E-state index contributed by atoms with van der Waals surface area (Å²) in [5.41, 5.74) is 0. The van der Waals surface area contributed by atoms with Crippen LogP contribution in [-0.4, -0.2) is 74.2 Å². The monoisotopic (exact) mass is 363 g/mol. The standard InChI is InChI=1S/C14H27NO6P.Al/c1-9(2)20-22(21-10(3)4)6-5-11-7-12(17)13(18)14(19-11)15-8-16;/h9-14,17-18H,5-7H2,1-4H3,(H,15,16);. The van der Waals surface area contributed by atoms with E-state index in [0.29, 0.717) is 19.0 Å². The second kappa shape index (κ2) is 10.3. The highest BCUT2D eigenvalue weighted by Gasteiger charge is 2.37. The Morgan fingerprint density at radius 3 is 2.35 bits per heavy atom. The van der Waals surface area contributed by atoms with Crippen molar-refractivity contribution >= 4 is 29.4 Å². The second-order valence-corrected chi connectivity index (χ2v) is 8.19. The van der Waals surface area contributed by atoms with Gasteiger partial charge in [-0.3, -0.25) is 0 Å². The zero-order valence-corrected chi connectivity index (χ0v) is 16.2. The Labute approximate surface area is 147 Å². The Kier molecular flexibility index (Phi) is 9.50. The molecule has 132 valence electrons. The van der Waals surface area contributed by atoms with Gasteiger partial charge in [-0.15, -0.1) is 0 Å². The highest BCUT2D eigenvalue weighted by Crippen LogP contribution is 2.42. The SMILES string of the molecule is CC(C)OP(CCC1CC(O)C(O)C(N[C](=O)[Al])O1)OC(C)C. The molecule has 23 heavy (non-hydrogen) atoms. The number of hydrogen-bond donors (Lipinski definition) is 3. The summed E-state index contributed by atoms with van der Waals surface area (Å²) in [7, 11) is -1.04. The van der Waals surface area contributed by atoms with Gasteiger partial charge in [-0.25, -0.2) is 0 Å². The molecule has 1 amide bonds. The Balaban J connectivity index is 2.55. The van der Waals surface area contributed by atoms with Crippen LogP contribution in [-0.2, 0) is 13.8 Å². The summed E-state index contributed by atoms with van der Waals surface area (Å²) in [6, 6.07) is 0. The van der Waals surface area contributed by atoms with E-state index in [2.05, 4.69) is 5.32 Å². The third-order valence-corrected chi connectivity index (χ3v) is 5.23. The van der Waals surface area contributed by atoms with Crippen LogP contribution in [0.5, 0.6) is 0 Å². The van der Waals surface area contributed by atoms with E-state index in [1.807, 2.05) is 44.0 Å². The van der Waals surface area contributed by atoms with Crippen molar-refractivity contribution < 1.29 is 28.8 Å². The molecule has 0 bridgehead atoms. The molecule has 1 rings (SSSR count). The normalized spacial score (nSPS) is 28.6. The molecular formula is C14H27AlNO6P. The summed E-state index contributed by atoms with van der Waals surface area (Å²) >= 11 is 1.96. The summed E-state index contributed by atoms with van der Waals surface area (Å²) in [6.07, 6.45) is -1.48. The van der Waals surface area contributed by atoms with Crippen molar-refractivity contribution in [2.45, 2.75) is 77.3 Å². The van der Waals surface area contributed by atoms with E-state index in [4.69, 9.17) is 13.8 Å². The van der Waals surface area contributed by atoms with Crippen molar-refractivity contribution in [1.82, 2.24) is 5.32 Å². The molecular weight excluding hydrogens is 336 g/mol. The minimum Gasteiger partial charge on any atom is -0.390 e. The maximum absolute atomic E-state index is 11.1. The lowest BCUT2D eigenvalue weighted by molar-refractivity contribution is -0.174. The first-order valence-electron chi connectivity index (χ1n) is 7.87. The molecule has 0 aliphatic carbocycles. The van der Waals surface area contributed by atoms with Crippen LogP contribution in [0.4, 0.5) is 4.79 Å². The summed E-state index contributed by atoms with van der Waals surface area (Å²) < 4.78 is 16.9. The molecule has 4 unspecified atom stereocenters. The van der Waals surface area contributed by atoms with Gasteiger partial charge in [-0.2, -0.15) is 0 Å². The van der Waals surface area contributed by atoms with Crippen LogP contribution >= 0.6 is 8.38 Å². The molecule has 7 nitrogen and oxygen atoms in total. The molecule has 1 aliphatic rings. The van der Waals surface area contributed by atoms with Crippen molar-refractivity contribution in [3.8, 4) is 0 Å². The van der Waals surface area contributed by atoms with Crippen molar-refractivity contribution in [2.75, 3.05) is 6.16 Å². The molecule has 0 aromatic rings. The molecule has 0 aromatic heterocycles. The molecule has 9 heteroatoms. The maximum atomic E-state index is 11.1. The van der Waals surface area contributed by atoms with Crippen LogP contribution in [0.1, 0.15) is 40.5 Å². The predicted molar refractivity (Wildman–Crippen MR) is 88.4 cm³/mol. The molecule has 2 radical (unpaired) electrons. The second-order valence-electron chi connectivity index (χ2n) is 6.13. The predicted octanol–water partition coefficient (Wildman–Crippen LogP) is 1.25. The fraction of sp³-hybridized carbons (Fsp3) is 0.929.